The molecule has 1 aromatic carbocycles. The third-order valence-electron chi connectivity index (χ3n) is 2.72. The van der Waals surface area contributed by atoms with Crippen molar-refractivity contribution >= 4 is 54.5 Å². The zero-order chi connectivity index (χ0) is 15.5. The second-order valence-electron chi connectivity index (χ2n) is 4.25. The van der Waals surface area contributed by atoms with E-state index in [9.17, 15) is 8.42 Å². The fourth-order valence-electron chi connectivity index (χ4n) is 1.69. The largest absolute Gasteiger partial charge is 0.389 e. The smallest absolute Gasteiger partial charge is 0.240 e. The van der Waals surface area contributed by atoms with E-state index in [-0.39, 0.29) is 9.88 Å². The molecule has 0 bridgehead atoms. The molecule has 1 aromatic heterocycles. The van der Waals surface area contributed by atoms with E-state index in [0.29, 0.717) is 18.5 Å². The molecule has 0 amide bonds. The summed E-state index contributed by atoms with van der Waals surface area (Å²) >= 11 is 9.82. The van der Waals surface area contributed by atoms with E-state index in [1.54, 1.807) is 23.5 Å². The Hall–Kier alpha value is -0.800. The molecule has 21 heavy (non-hydrogen) atoms. The number of benzene rings is 1. The molecule has 0 unspecified atom stereocenters. The number of sulfonamides is 1. The van der Waals surface area contributed by atoms with Crippen molar-refractivity contribution in [3.63, 3.8) is 0 Å². The van der Waals surface area contributed by atoms with E-state index in [1.807, 2.05) is 12.1 Å². The molecule has 1 heterocycles. The van der Waals surface area contributed by atoms with E-state index in [2.05, 4.69) is 20.7 Å². The predicted molar refractivity (Wildman–Crippen MR) is 93.2 cm³/mol. The Morgan fingerprint density at radius 2 is 2.10 bits per heavy atom. The molecular weight excluding hydrogens is 392 g/mol. The zero-order valence-corrected chi connectivity index (χ0v) is 14.9. The highest BCUT2D eigenvalue weighted by molar-refractivity contribution is 9.11. The quantitative estimate of drug-likeness (QED) is 0.725. The van der Waals surface area contributed by atoms with Crippen LogP contribution in [0.1, 0.15) is 10.4 Å². The van der Waals surface area contributed by atoms with E-state index in [4.69, 9.17) is 18.0 Å². The van der Waals surface area contributed by atoms with Crippen molar-refractivity contribution in [3.8, 4) is 0 Å². The minimum absolute atomic E-state index is 0.167. The minimum Gasteiger partial charge on any atom is -0.389 e. The second kappa shape index (κ2) is 6.97. The number of rotatable bonds is 6. The predicted octanol–water partition coefficient (Wildman–Crippen LogP) is 2.67. The Bertz CT molecular complexity index is 756. The standard InChI is InChI=1S/C13H13BrN2O2S3/c14-12-5-4-10(20-12)6-7-16-21(17,18)11-3-1-2-9(8-11)13(15)19/h1-5,8,16H,6-7H2,(H2,15,19). The normalized spacial score (nSPS) is 11.5. The maximum absolute atomic E-state index is 12.2. The van der Waals surface area contributed by atoms with Crippen LogP contribution >= 0.6 is 39.5 Å². The van der Waals surface area contributed by atoms with Gasteiger partial charge >= 0.3 is 0 Å². The van der Waals surface area contributed by atoms with Gasteiger partial charge in [0.25, 0.3) is 0 Å². The summed E-state index contributed by atoms with van der Waals surface area (Å²) in [7, 11) is -3.55. The number of thiophene rings is 1. The van der Waals surface area contributed by atoms with Gasteiger partial charge in [-0.3, -0.25) is 0 Å². The van der Waals surface area contributed by atoms with Crippen molar-refractivity contribution < 1.29 is 8.42 Å². The van der Waals surface area contributed by atoms with E-state index >= 15 is 0 Å². The number of hydrogen-bond donors (Lipinski definition) is 2. The molecule has 0 aliphatic heterocycles. The summed E-state index contributed by atoms with van der Waals surface area (Å²) in [4.78, 5) is 1.46. The number of thiocarbonyl (C=S) groups is 1. The van der Waals surface area contributed by atoms with Crippen molar-refractivity contribution in [3.05, 3.63) is 50.6 Å². The van der Waals surface area contributed by atoms with E-state index < -0.39 is 10.0 Å². The van der Waals surface area contributed by atoms with Gasteiger partial charge in [0, 0.05) is 17.0 Å². The van der Waals surface area contributed by atoms with Gasteiger partial charge in [0.2, 0.25) is 10.0 Å². The molecule has 0 saturated carbocycles. The first-order valence-corrected chi connectivity index (χ1v) is 9.52. The average molecular weight is 405 g/mol. The van der Waals surface area contributed by atoms with Gasteiger partial charge < -0.3 is 5.73 Å². The molecule has 0 spiro atoms. The molecule has 2 rings (SSSR count). The molecular formula is C13H13BrN2O2S3. The summed E-state index contributed by atoms with van der Waals surface area (Å²) < 4.78 is 28.0. The molecule has 4 nitrogen and oxygen atoms in total. The monoisotopic (exact) mass is 404 g/mol. The van der Waals surface area contributed by atoms with Gasteiger partial charge in [-0.05, 0) is 46.6 Å². The van der Waals surface area contributed by atoms with Gasteiger partial charge in [0.05, 0.1) is 8.68 Å². The Balaban J connectivity index is 2.04. The fourth-order valence-corrected chi connectivity index (χ4v) is 4.38. The lowest BCUT2D eigenvalue weighted by atomic mass is 10.2. The number of nitrogens with two attached hydrogens (primary N) is 1. The third kappa shape index (κ3) is 4.58. The Morgan fingerprint density at radius 1 is 1.33 bits per heavy atom. The molecule has 0 fully saturated rings. The lowest BCUT2D eigenvalue weighted by molar-refractivity contribution is 0.582. The first kappa shape index (κ1) is 16.6. The summed E-state index contributed by atoms with van der Waals surface area (Å²) in [6.45, 7) is 0.340. The molecule has 2 aromatic rings. The maximum atomic E-state index is 12.2. The Labute approximate surface area is 141 Å². The van der Waals surface area contributed by atoms with Gasteiger partial charge in [-0.1, -0.05) is 24.4 Å². The van der Waals surface area contributed by atoms with Crippen LogP contribution in [-0.4, -0.2) is 20.0 Å². The highest BCUT2D eigenvalue weighted by atomic mass is 79.9. The fraction of sp³-hybridized carbons (Fsp3) is 0.154. The molecule has 0 atom stereocenters. The van der Waals surface area contributed by atoms with Crippen LogP contribution in [-0.2, 0) is 16.4 Å². The van der Waals surface area contributed by atoms with Crippen LogP contribution < -0.4 is 10.5 Å². The summed E-state index contributed by atoms with van der Waals surface area (Å²) in [5.74, 6) is 0. The highest BCUT2D eigenvalue weighted by Gasteiger charge is 2.14. The zero-order valence-electron chi connectivity index (χ0n) is 10.9. The van der Waals surface area contributed by atoms with Gasteiger partial charge in [-0.25, -0.2) is 13.1 Å². The molecule has 3 N–H and O–H groups in total. The number of nitrogens with one attached hydrogen (secondary N) is 1. The van der Waals surface area contributed by atoms with Crippen molar-refractivity contribution in [2.45, 2.75) is 11.3 Å². The third-order valence-corrected chi connectivity index (χ3v) is 6.10. The SMILES string of the molecule is NC(=S)c1cccc(S(=O)(=O)NCCc2ccc(Br)s2)c1. The van der Waals surface area contributed by atoms with E-state index in [1.165, 1.54) is 12.1 Å². The first-order chi connectivity index (χ1) is 9.88. The lowest BCUT2D eigenvalue weighted by Crippen LogP contribution is -2.26. The summed E-state index contributed by atoms with van der Waals surface area (Å²) in [6.07, 6.45) is 0.643. The summed E-state index contributed by atoms with van der Waals surface area (Å²) in [5.41, 5.74) is 6.05. The van der Waals surface area contributed by atoms with Gasteiger partial charge in [0.1, 0.15) is 4.99 Å². The van der Waals surface area contributed by atoms with Crippen molar-refractivity contribution in [2.24, 2.45) is 5.73 Å². The van der Waals surface area contributed by atoms with Crippen molar-refractivity contribution in [1.82, 2.24) is 4.72 Å². The molecule has 0 aliphatic rings. The minimum atomic E-state index is -3.55. The van der Waals surface area contributed by atoms with Crippen LogP contribution in [0.3, 0.4) is 0 Å². The van der Waals surface area contributed by atoms with E-state index in [0.717, 1.165) is 8.66 Å². The van der Waals surface area contributed by atoms with Crippen LogP contribution in [0.4, 0.5) is 0 Å². The lowest BCUT2D eigenvalue weighted by Gasteiger charge is -2.07. The molecule has 8 heteroatoms. The van der Waals surface area contributed by atoms with Crippen molar-refractivity contribution in [2.75, 3.05) is 6.54 Å². The first-order valence-electron chi connectivity index (χ1n) is 6.02. The molecule has 0 saturated heterocycles. The van der Waals surface area contributed by atoms with Gasteiger partial charge in [-0.15, -0.1) is 11.3 Å². The van der Waals surface area contributed by atoms with Crippen molar-refractivity contribution in [1.29, 1.82) is 0 Å². The molecule has 0 aliphatic carbocycles. The topological polar surface area (TPSA) is 72.2 Å². The van der Waals surface area contributed by atoms with Gasteiger partial charge in [-0.2, -0.15) is 0 Å². The Kier molecular flexibility index (Phi) is 5.50. The number of halogens is 1. The highest BCUT2D eigenvalue weighted by Crippen LogP contribution is 2.22. The molecule has 112 valence electrons. The number of hydrogen-bond acceptors (Lipinski definition) is 4. The Morgan fingerprint density at radius 3 is 2.71 bits per heavy atom. The summed E-state index contributed by atoms with van der Waals surface area (Å²) in [6, 6.07) is 10.2. The molecule has 0 radical (unpaired) electrons. The average Bonchev–Trinajstić information content (AvgIpc) is 2.84. The summed E-state index contributed by atoms with van der Waals surface area (Å²) in [5, 5.41) is 0. The van der Waals surface area contributed by atoms with Crippen LogP contribution in [0.15, 0.2) is 45.1 Å². The van der Waals surface area contributed by atoms with Gasteiger partial charge in [0.15, 0.2) is 0 Å². The van der Waals surface area contributed by atoms with Crippen LogP contribution in [0.5, 0.6) is 0 Å². The van der Waals surface area contributed by atoms with Crippen LogP contribution in [0, 0.1) is 0 Å². The van der Waals surface area contributed by atoms with Crippen LogP contribution in [0.25, 0.3) is 0 Å². The van der Waals surface area contributed by atoms with Crippen LogP contribution in [0.2, 0.25) is 0 Å². The maximum Gasteiger partial charge on any atom is 0.240 e. The second-order valence-corrected chi connectivity index (χ2v) is 9.00.